The summed E-state index contributed by atoms with van der Waals surface area (Å²) in [6, 6.07) is 16.9. The lowest BCUT2D eigenvalue weighted by Crippen LogP contribution is -2.36. The van der Waals surface area contributed by atoms with E-state index in [4.69, 9.17) is 4.74 Å². The molecular formula is C22H29NO3S. The Kier molecular flexibility index (Phi) is 6.60. The fraction of sp³-hybridized carbons (Fsp3) is 0.409. The van der Waals surface area contributed by atoms with Crippen molar-refractivity contribution in [3.63, 3.8) is 0 Å². The summed E-state index contributed by atoms with van der Waals surface area (Å²) in [5.74, 6) is -0.350. The average Bonchev–Trinajstić information content (AvgIpc) is 2.58. The number of esters is 1. The fourth-order valence-electron chi connectivity index (χ4n) is 2.41. The van der Waals surface area contributed by atoms with Gasteiger partial charge >= 0.3 is 5.97 Å². The summed E-state index contributed by atoms with van der Waals surface area (Å²) in [7, 11) is -1.24. The third-order valence-corrected chi connectivity index (χ3v) is 5.35. The minimum Gasteiger partial charge on any atom is -0.456 e. The van der Waals surface area contributed by atoms with Gasteiger partial charge < -0.3 is 4.74 Å². The number of rotatable bonds is 5. The Balaban J connectivity index is 2.31. The third kappa shape index (κ3) is 6.29. The highest BCUT2D eigenvalue weighted by Crippen LogP contribution is 2.25. The molecule has 0 aliphatic rings. The number of carbonyl (C=O) groups excluding carboxylic acids is 1. The van der Waals surface area contributed by atoms with E-state index in [1.54, 1.807) is 12.1 Å². The van der Waals surface area contributed by atoms with Crippen molar-refractivity contribution in [3.8, 4) is 0 Å². The Morgan fingerprint density at radius 2 is 1.41 bits per heavy atom. The van der Waals surface area contributed by atoms with Gasteiger partial charge in [-0.3, -0.25) is 0 Å². The molecule has 0 bridgehead atoms. The predicted octanol–water partition coefficient (Wildman–Crippen LogP) is 4.78. The third-order valence-electron chi connectivity index (χ3n) is 3.79. The molecule has 0 amide bonds. The first kappa shape index (κ1) is 21.3. The van der Waals surface area contributed by atoms with Crippen molar-refractivity contribution in [2.75, 3.05) is 0 Å². The van der Waals surface area contributed by atoms with Crippen molar-refractivity contribution in [2.24, 2.45) is 0 Å². The maximum absolute atomic E-state index is 12.7. The number of hydrogen-bond donors (Lipinski definition) is 1. The highest BCUT2D eigenvalue weighted by molar-refractivity contribution is 7.84. The van der Waals surface area contributed by atoms with Gasteiger partial charge in [0.15, 0.2) is 0 Å². The van der Waals surface area contributed by atoms with Gasteiger partial charge in [0.05, 0.1) is 27.3 Å². The Labute approximate surface area is 164 Å². The molecule has 4 nitrogen and oxygen atoms in total. The Hall–Kier alpha value is -1.98. The van der Waals surface area contributed by atoms with Crippen molar-refractivity contribution in [1.82, 2.24) is 4.72 Å². The van der Waals surface area contributed by atoms with Crippen molar-refractivity contribution < 1.29 is 13.7 Å². The molecule has 2 rings (SSSR count). The Bertz CT molecular complexity index is 787. The maximum Gasteiger partial charge on any atom is 0.338 e. The normalized spacial score (nSPS) is 14.4. The molecule has 0 heterocycles. The van der Waals surface area contributed by atoms with Crippen LogP contribution in [0.15, 0.2) is 54.6 Å². The zero-order valence-electron chi connectivity index (χ0n) is 16.9. The van der Waals surface area contributed by atoms with Gasteiger partial charge in [-0.1, -0.05) is 42.5 Å². The van der Waals surface area contributed by atoms with Crippen LogP contribution in [0.1, 0.15) is 69.1 Å². The van der Waals surface area contributed by atoms with Gasteiger partial charge in [-0.15, -0.1) is 0 Å². The first-order valence-corrected chi connectivity index (χ1v) is 10.2. The standard InChI is InChI=1S/C22H29NO3S/c1-21(2,3)26-20(24)18-14-12-17(13-15-18)19(16-10-8-7-9-11-16)23-27(25)22(4,5)6/h7-15,19,23H,1-6H3/t19-,27?/m1/s1. The molecule has 2 atom stereocenters. The van der Waals surface area contributed by atoms with Crippen LogP contribution in [-0.2, 0) is 15.7 Å². The number of ether oxygens (including phenoxy) is 1. The van der Waals surface area contributed by atoms with E-state index in [1.807, 2.05) is 84.0 Å². The lowest BCUT2D eigenvalue weighted by atomic mass is 9.98. The highest BCUT2D eigenvalue weighted by Gasteiger charge is 2.25. The number of carbonyl (C=O) groups is 1. The van der Waals surface area contributed by atoms with Crippen LogP contribution in [0.4, 0.5) is 0 Å². The summed E-state index contributed by atoms with van der Waals surface area (Å²) in [5, 5.41) is 0. The van der Waals surface area contributed by atoms with E-state index in [9.17, 15) is 9.00 Å². The Morgan fingerprint density at radius 1 is 0.889 bits per heavy atom. The molecule has 146 valence electrons. The molecule has 27 heavy (non-hydrogen) atoms. The van der Waals surface area contributed by atoms with E-state index in [1.165, 1.54) is 0 Å². The lowest BCUT2D eigenvalue weighted by Gasteiger charge is -2.25. The summed E-state index contributed by atoms with van der Waals surface area (Å²) in [6.07, 6.45) is 0. The molecule has 0 saturated carbocycles. The summed E-state index contributed by atoms with van der Waals surface area (Å²) >= 11 is 0. The fourth-order valence-corrected chi connectivity index (χ4v) is 3.25. The van der Waals surface area contributed by atoms with Crippen LogP contribution in [-0.4, -0.2) is 20.5 Å². The van der Waals surface area contributed by atoms with Crippen LogP contribution in [0.5, 0.6) is 0 Å². The van der Waals surface area contributed by atoms with E-state index in [-0.39, 0.29) is 16.8 Å². The van der Waals surface area contributed by atoms with E-state index >= 15 is 0 Å². The average molecular weight is 388 g/mol. The molecule has 0 fully saturated rings. The molecule has 1 N–H and O–H groups in total. The van der Waals surface area contributed by atoms with Crippen molar-refractivity contribution in [2.45, 2.75) is 57.9 Å². The molecule has 0 radical (unpaired) electrons. The van der Waals surface area contributed by atoms with Crippen LogP contribution < -0.4 is 4.72 Å². The lowest BCUT2D eigenvalue weighted by molar-refractivity contribution is 0.00695. The van der Waals surface area contributed by atoms with Crippen LogP contribution in [0, 0.1) is 0 Å². The largest absolute Gasteiger partial charge is 0.456 e. The second kappa shape index (κ2) is 8.36. The van der Waals surface area contributed by atoms with Gasteiger partial charge in [0.2, 0.25) is 0 Å². The first-order valence-electron chi connectivity index (χ1n) is 9.04. The number of hydrogen-bond acceptors (Lipinski definition) is 3. The van der Waals surface area contributed by atoms with E-state index in [0.717, 1.165) is 11.1 Å². The summed E-state index contributed by atoms with van der Waals surface area (Å²) in [4.78, 5) is 12.2. The number of nitrogens with one attached hydrogen (secondary N) is 1. The molecule has 0 aliphatic carbocycles. The second-order valence-electron chi connectivity index (χ2n) is 8.47. The summed E-state index contributed by atoms with van der Waals surface area (Å²) < 4.78 is 20.9. The van der Waals surface area contributed by atoms with E-state index in [0.29, 0.717) is 5.56 Å². The van der Waals surface area contributed by atoms with E-state index in [2.05, 4.69) is 4.72 Å². The van der Waals surface area contributed by atoms with Crippen molar-refractivity contribution in [1.29, 1.82) is 0 Å². The van der Waals surface area contributed by atoms with Crippen molar-refractivity contribution in [3.05, 3.63) is 71.3 Å². The zero-order chi connectivity index (χ0) is 20.2. The van der Waals surface area contributed by atoms with Crippen LogP contribution in [0.2, 0.25) is 0 Å². The van der Waals surface area contributed by atoms with Gasteiger partial charge in [0.25, 0.3) is 0 Å². The topological polar surface area (TPSA) is 55.4 Å². The minimum absolute atomic E-state index is 0.237. The molecule has 0 spiro atoms. The zero-order valence-corrected chi connectivity index (χ0v) is 17.7. The molecule has 5 heteroatoms. The van der Waals surface area contributed by atoms with Gasteiger partial charge in [0.1, 0.15) is 5.60 Å². The second-order valence-corrected chi connectivity index (χ2v) is 10.5. The van der Waals surface area contributed by atoms with Crippen LogP contribution in [0.25, 0.3) is 0 Å². The molecule has 0 saturated heterocycles. The highest BCUT2D eigenvalue weighted by atomic mass is 32.2. The predicted molar refractivity (Wildman–Crippen MR) is 111 cm³/mol. The summed E-state index contributed by atoms with van der Waals surface area (Å²) in [6.45, 7) is 11.3. The minimum atomic E-state index is -1.24. The monoisotopic (exact) mass is 387 g/mol. The molecule has 0 aromatic heterocycles. The molecule has 0 aliphatic heterocycles. The summed E-state index contributed by atoms with van der Waals surface area (Å²) in [5.41, 5.74) is 1.91. The van der Waals surface area contributed by atoms with E-state index < -0.39 is 16.6 Å². The SMILES string of the molecule is CC(C)(C)OC(=O)c1ccc([C@H](NS(=O)C(C)(C)C)c2ccccc2)cc1. The maximum atomic E-state index is 12.7. The first-order chi connectivity index (χ1) is 12.5. The quantitative estimate of drug-likeness (QED) is 0.751. The van der Waals surface area contributed by atoms with Crippen LogP contribution in [0.3, 0.4) is 0 Å². The smallest absolute Gasteiger partial charge is 0.338 e. The van der Waals surface area contributed by atoms with Gasteiger partial charge in [0, 0.05) is 0 Å². The van der Waals surface area contributed by atoms with Gasteiger partial charge in [-0.05, 0) is 64.8 Å². The molecule has 2 aromatic rings. The Morgan fingerprint density at radius 3 is 1.89 bits per heavy atom. The number of benzene rings is 2. The van der Waals surface area contributed by atoms with Crippen LogP contribution >= 0.6 is 0 Å². The van der Waals surface area contributed by atoms with Crippen molar-refractivity contribution >= 4 is 17.0 Å². The molecular weight excluding hydrogens is 358 g/mol. The molecule has 2 aromatic carbocycles. The molecule has 1 unspecified atom stereocenters. The van der Waals surface area contributed by atoms with Gasteiger partial charge in [-0.25, -0.2) is 13.7 Å². The van der Waals surface area contributed by atoms with Gasteiger partial charge in [-0.2, -0.15) is 0 Å².